The van der Waals surface area contributed by atoms with E-state index in [4.69, 9.17) is 10.5 Å². The Morgan fingerprint density at radius 1 is 1.33 bits per heavy atom. The maximum absolute atomic E-state index is 14.2. The number of aryl methyl sites for hydroxylation is 1. The van der Waals surface area contributed by atoms with Gasteiger partial charge in [-0.3, -0.25) is 0 Å². The highest BCUT2D eigenvalue weighted by Crippen LogP contribution is 2.41. The van der Waals surface area contributed by atoms with Crippen LogP contribution in [0.4, 0.5) is 14.5 Å². The summed E-state index contributed by atoms with van der Waals surface area (Å²) in [6.45, 7) is 5.06. The molecule has 0 saturated carbocycles. The van der Waals surface area contributed by atoms with Crippen LogP contribution in [0.25, 0.3) is 10.4 Å². The minimum Gasteiger partial charge on any atom is -0.462 e. The van der Waals surface area contributed by atoms with Crippen LogP contribution in [0.5, 0.6) is 0 Å². The second-order valence-corrected chi connectivity index (χ2v) is 5.59. The van der Waals surface area contributed by atoms with Crippen molar-refractivity contribution >= 4 is 23.0 Å². The molecule has 1 aromatic carbocycles. The molecule has 2 aromatic rings. The Bertz CT molecular complexity index is 710. The number of ether oxygens (including phenoxy) is 1. The number of carbonyl (C=O) groups is 1. The summed E-state index contributed by atoms with van der Waals surface area (Å²) >= 11 is 0.945. The third kappa shape index (κ3) is 2.63. The van der Waals surface area contributed by atoms with E-state index in [2.05, 4.69) is 0 Å². The number of hydrogen-bond donors (Lipinski definition) is 1. The van der Waals surface area contributed by atoms with Gasteiger partial charge in [-0.2, -0.15) is 0 Å². The summed E-state index contributed by atoms with van der Waals surface area (Å²) in [6.07, 6.45) is 0. The molecule has 21 heavy (non-hydrogen) atoms. The summed E-state index contributed by atoms with van der Waals surface area (Å²) in [5.41, 5.74) is 6.73. The highest BCUT2D eigenvalue weighted by molar-refractivity contribution is 7.18. The SMILES string of the molecule is CCOC(=O)c1sc(-c2c(F)ccc(C)c2F)c(C)c1N. The van der Waals surface area contributed by atoms with E-state index >= 15 is 0 Å². The van der Waals surface area contributed by atoms with Gasteiger partial charge in [0.15, 0.2) is 0 Å². The van der Waals surface area contributed by atoms with Crippen LogP contribution in [0.15, 0.2) is 12.1 Å². The Morgan fingerprint density at radius 3 is 2.62 bits per heavy atom. The molecule has 0 aliphatic carbocycles. The van der Waals surface area contributed by atoms with E-state index in [-0.39, 0.29) is 22.7 Å². The lowest BCUT2D eigenvalue weighted by atomic mass is 10.0. The fraction of sp³-hybridized carbons (Fsp3) is 0.267. The zero-order chi connectivity index (χ0) is 15.7. The van der Waals surface area contributed by atoms with E-state index in [1.165, 1.54) is 12.1 Å². The summed E-state index contributed by atoms with van der Waals surface area (Å²) in [5.74, 6) is -1.91. The van der Waals surface area contributed by atoms with Crippen molar-refractivity contribution in [2.45, 2.75) is 20.8 Å². The number of thiophene rings is 1. The molecular formula is C15H15F2NO2S. The molecule has 1 aromatic heterocycles. The number of anilines is 1. The number of rotatable bonds is 3. The van der Waals surface area contributed by atoms with E-state index in [1.54, 1.807) is 20.8 Å². The van der Waals surface area contributed by atoms with Crippen LogP contribution in [0.3, 0.4) is 0 Å². The number of halogens is 2. The molecular weight excluding hydrogens is 296 g/mol. The summed E-state index contributed by atoms with van der Waals surface area (Å²) < 4.78 is 33.1. The first-order valence-electron chi connectivity index (χ1n) is 6.39. The Kier molecular flexibility index (Phi) is 4.27. The van der Waals surface area contributed by atoms with Crippen LogP contribution >= 0.6 is 11.3 Å². The van der Waals surface area contributed by atoms with Crippen LogP contribution < -0.4 is 5.73 Å². The fourth-order valence-corrected chi connectivity index (χ4v) is 3.14. The molecule has 0 saturated heterocycles. The zero-order valence-electron chi connectivity index (χ0n) is 11.9. The number of hydrogen-bond acceptors (Lipinski definition) is 4. The third-order valence-electron chi connectivity index (χ3n) is 3.17. The van der Waals surface area contributed by atoms with Crippen molar-refractivity contribution in [3.63, 3.8) is 0 Å². The van der Waals surface area contributed by atoms with Gasteiger partial charge in [0.05, 0.1) is 17.9 Å². The molecule has 1 heterocycles. The summed E-state index contributed by atoms with van der Waals surface area (Å²) in [5, 5.41) is 0. The van der Waals surface area contributed by atoms with E-state index in [0.29, 0.717) is 16.0 Å². The summed E-state index contributed by atoms with van der Waals surface area (Å²) in [6, 6.07) is 2.57. The van der Waals surface area contributed by atoms with E-state index in [1.807, 2.05) is 0 Å². The van der Waals surface area contributed by atoms with Crippen LogP contribution in [0, 0.1) is 25.5 Å². The predicted octanol–water partition coefficient (Wildman–Crippen LogP) is 4.07. The van der Waals surface area contributed by atoms with Crippen LogP contribution in [-0.2, 0) is 4.74 Å². The van der Waals surface area contributed by atoms with Gasteiger partial charge in [-0.15, -0.1) is 11.3 Å². The average Bonchev–Trinajstić information content (AvgIpc) is 2.73. The average molecular weight is 311 g/mol. The van der Waals surface area contributed by atoms with Crippen LogP contribution in [0.2, 0.25) is 0 Å². The van der Waals surface area contributed by atoms with E-state index in [9.17, 15) is 13.6 Å². The molecule has 3 nitrogen and oxygen atoms in total. The van der Waals surface area contributed by atoms with Crippen molar-refractivity contribution < 1.29 is 18.3 Å². The smallest absolute Gasteiger partial charge is 0.350 e. The second kappa shape index (κ2) is 5.81. The quantitative estimate of drug-likeness (QED) is 0.869. The molecule has 112 valence electrons. The fourth-order valence-electron chi connectivity index (χ4n) is 1.98. The Balaban J connectivity index is 2.64. The monoisotopic (exact) mass is 311 g/mol. The molecule has 2 rings (SSSR count). The van der Waals surface area contributed by atoms with Gasteiger partial charge < -0.3 is 10.5 Å². The third-order valence-corrected chi connectivity index (χ3v) is 4.47. The van der Waals surface area contributed by atoms with Crippen molar-refractivity contribution in [3.8, 4) is 10.4 Å². The van der Waals surface area contributed by atoms with Crippen molar-refractivity contribution in [2.24, 2.45) is 0 Å². The molecule has 6 heteroatoms. The normalized spacial score (nSPS) is 10.7. The topological polar surface area (TPSA) is 52.3 Å². The Hall–Kier alpha value is -1.95. The lowest BCUT2D eigenvalue weighted by Crippen LogP contribution is -2.05. The Morgan fingerprint density at radius 2 is 2.00 bits per heavy atom. The van der Waals surface area contributed by atoms with Gasteiger partial charge in [0.1, 0.15) is 16.5 Å². The minimum atomic E-state index is -0.683. The first kappa shape index (κ1) is 15.4. The zero-order valence-corrected chi connectivity index (χ0v) is 12.7. The maximum atomic E-state index is 14.2. The first-order chi connectivity index (χ1) is 9.88. The molecule has 0 amide bonds. The maximum Gasteiger partial charge on any atom is 0.350 e. The van der Waals surface area contributed by atoms with Gasteiger partial charge in [0.25, 0.3) is 0 Å². The number of esters is 1. The lowest BCUT2D eigenvalue weighted by molar-refractivity contribution is 0.0533. The minimum absolute atomic E-state index is 0.153. The number of benzene rings is 1. The van der Waals surface area contributed by atoms with Gasteiger partial charge in [0.2, 0.25) is 0 Å². The molecule has 2 N–H and O–H groups in total. The first-order valence-corrected chi connectivity index (χ1v) is 7.21. The van der Waals surface area contributed by atoms with Crippen molar-refractivity contribution in [2.75, 3.05) is 12.3 Å². The lowest BCUT2D eigenvalue weighted by Gasteiger charge is -2.06. The highest BCUT2D eigenvalue weighted by Gasteiger charge is 2.24. The molecule has 0 aliphatic rings. The van der Waals surface area contributed by atoms with Crippen molar-refractivity contribution in [1.29, 1.82) is 0 Å². The van der Waals surface area contributed by atoms with Crippen LogP contribution in [-0.4, -0.2) is 12.6 Å². The Labute approximate surface area is 125 Å². The van der Waals surface area contributed by atoms with Crippen LogP contribution in [0.1, 0.15) is 27.7 Å². The summed E-state index contributed by atoms with van der Waals surface area (Å²) in [4.78, 5) is 12.3. The molecule has 0 spiro atoms. The van der Waals surface area contributed by atoms with Crippen molar-refractivity contribution in [3.05, 3.63) is 39.8 Å². The van der Waals surface area contributed by atoms with Gasteiger partial charge in [-0.05, 0) is 38.0 Å². The number of nitrogen functional groups attached to an aromatic ring is 1. The molecule has 0 atom stereocenters. The standard InChI is InChI=1S/C15H15F2NO2S/c1-4-20-15(19)14-12(18)8(3)13(21-14)10-9(16)6-5-7(2)11(10)17/h5-6H,4,18H2,1-3H3. The molecule has 0 bridgehead atoms. The van der Waals surface area contributed by atoms with Gasteiger partial charge in [0, 0.05) is 4.88 Å². The van der Waals surface area contributed by atoms with E-state index < -0.39 is 17.6 Å². The molecule has 0 radical (unpaired) electrons. The largest absolute Gasteiger partial charge is 0.462 e. The van der Waals surface area contributed by atoms with Gasteiger partial charge >= 0.3 is 5.97 Å². The van der Waals surface area contributed by atoms with Crippen molar-refractivity contribution in [1.82, 2.24) is 0 Å². The van der Waals surface area contributed by atoms with Gasteiger partial charge in [-0.25, -0.2) is 13.6 Å². The van der Waals surface area contributed by atoms with E-state index in [0.717, 1.165) is 11.3 Å². The second-order valence-electron chi connectivity index (χ2n) is 4.57. The predicted molar refractivity (Wildman–Crippen MR) is 79.5 cm³/mol. The molecule has 0 unspecified atom stereocenters. The van der Waals surface area contributed by atoms with Gasteiger partial charge in [-0.1, -0.05) is 6.07 Å². The highest BCUT2D eigenvalue weighted by atomic mass is 32.1. The number of nitrogens with two attached hydrogens (primary N) is 1. The molecule has 0 aliphatic heterocycles. The molecule has 0 fully saturated rings. The number of carbonyl (C=O) groups excluding carboxylic acids is 1. The summed E-state index contributed by atoms with van der Waals surface area (Å²) in [7, 11) is 0.